The van der Waals surface area contributed by atoms with Gasteiger partial charge in [-0.15, -0.1) is 0 Å². The Balaban J connectivity index is 2.17. The van der Waals surface area contributed by atoms with Crippen LogP contribution in [-0.4, -0.2) is 35.8 Å². The van der Waals surface area contributed by atoms with Crippen LogP contribution in [0.2, 0.25) is 0 Å². The number of aliphatic hydroxyl groups excluding tert-OH is 1. The third-order valence-electron chi connectivity index (χ3n) is 4.18. The van der Waals surface area contributed by atoms with Gasteiger partial charge in [0.25, 0.3) is 0 Å². The molecule has 1 unspecified atom stereocenters. The normalized spacial score (nSPS) is 17.4. The third kappa shape index (κ3) is 3.70. The van der Waals surface area contributed by atoms with Gasteiger partial charge in [-0.1, -0.05) is 19.8 Å². The lowest BCUT2D eigenvalue weighted by Crippen LogP contribution is -2.36. The monoisotopic (exact) mass is 277 g/mol. The summed E-state index contributed by atoms with van der Waals surface area (Å²) < 4.78 is 0. The number of aliphatic hydroxyl groups is 1. The molecule has 112 valence electrons. The maximum Gasteiger partial charge on any atom is 0.129 e. The lowest BCUT2D eigenvalue weighted by molar-refractivity contribution is 0.297. The van der Waals surface area contributed by atoms with Gasteiger partial charge in [-0.3, -0.25) is 0 Å². The van der Waals surface area contributed by atoms with Gasteiger partial charge in [0, 0.05) is 24.8 Å². The Hall–Kier alpha value is -1.13. The standard InChI is InChI=1S/C16H27N3O/c1-3-17-13(2)14-8-9-18-16(12-14)19(10-11-20)15-6-4-5-7-15/h8-9,12-13,15,17,20H,3-7,10-11H2,1-2H3. The average molecular weight is 277 g/mol. The topological polar surface area (TPSA) is 48.4 Å². The van der Waals surface area contributed by atoms with Crippen molar-refractivity contribution in [3.8, 4) is 0 Å². The molecule has 0 aromatic carbocycles. The molecule has 1 aromatic rings. The molecule has 1 aliphatic rings. The molecule has 1 saturated carbocycles. The Bertz CT molecular complexity index is 404. The van der Waals surface area contributed by atoms with Crippen molar-refractivity contribution in [1.29, 1.82) is 0 Å². The van der Waals surface area contributed by atoms with Crippen molar-refractivity contribution in [2.45, 2.75) is 51.6 Å². The highest BCUT2D eigenvalue weighted by atomic mass is 16.3. The molecule has 4 nitrogen and oxygen atoms in total. The Labute approximate surface area is 122 Å². The lowest BCUT2D eigenvalue weighted by atomic mass is 10.1. The molecule has 0 spiro atoms. The average Bonchev–Trinajstić information content (AvgIpc) is 2.99. The van der Waals surface area contributed by atoms with Gasteiger partial charge in [0.15, 0.2) is 0 Å². The summed E-state index contributed by atoms with van der Waals surface area (Å²) in [6.07, 6.45) is 6.90. The van der Waals surface area contributed by atoms with Crippen LogP contribution in [0.25, 0.3) is 0 Å². The highest BCUT2D eigenvalue weighted by Crippen LogP contribution is 2.28. The van der Waals surface area contributed by atoms with E-state index in [0.717, 1.165) is 12.4 Å². The number of nitrogens with zero attached hydrogens (tertiary/aromatic N) is 2. The van der Waals surface area contributed by atoms with Gasteiger partial charge in [-0.25, -0.2) is 4.98 Å². The van der Waals surface area contributed by atoms with Gasteiger partial charge in [0.05, 0.1) is 6.61 Å². The van der Waals surface area contributed by atoms with Crippen LogP contribution < -0.4 is 10.2 Å². The zero-order valence-electron chi connectivity index (χ0n) is 12.7. The summed E-state index contributed by atoms with van der Waals surface area (Å²) in [6.45, 7) is 6.12. The zero-order valence-corrected chi connectivity index (χ0v) is 12.7. The molecule has 0 radical (unpaired) electrons. The molecule has 1 fully saturated rings. The van der Waals surface area contributed by atoms with Gasteiger partial charge in [-0.05, 0) is 44.0 Å². The smallest absolute Gasteiger partial charge is 0.129 e. The van der Waals surface area contributed by atoms with Crippen molar-refractivity contribution in [2.24, 2.45) is 0 Å². The number of aromatic nitrogens is 1. The summed E-state index contributed by atoms with van der Waals surface area (Å²) in [4.78, 5) is 6.82. The first-order chi connectivity index (χ1) is 9.76. The molecule has 1 atom stereocenters. The summed E-state index contributed by atoms with van der Waals surface area (Å²) in [6, 6.07) is 5.12. The minimum absolute atomic E-state index is 0.186. The van der Waals surface area contributed by atoms with Gasteiger partial charge < -0.3 is 15.3 Å². The van der Waals surface area contributed by atoms with Crippen LogP contribution in [0.15, 0.2) is 18.3 Å². The van der Waals surface area contributed by atoms with Crippen molar-refractivity contribution in [3.05, 3.63) is 23.9 Å². The second-order valence-electron chi connectivity index (χ2n) is 5.58. The molecular formula is C16H27N3O. The van der Waals surface area contributed by atoms with Crippen LogP contribution in [0.1, 0.15) is 51.1 Å². The Kier molecular flexibility index (Phi) is 5.80. The van der Waals surface area contributed by atoms with E-state index in [1.54, 1.807) is 0 Å². The number of nitrogens with one attached hydrogen (secondary N) is 1. The molecule has 0 amide bonds. The van der Waals surface area contributed by atoms with Crippen molar-refractivity contribution >= 4 is 5.82 Å². The first-order valence-corrected chi connectivity index (χ1v) is 7.83. The van der Waals surface area contributed by atoms with Crippen LogP contribution >= 0.6 is 0 Å². The predicted molar refractivity (Wildman–Crippen MR) is 83.0 cm³/mol. The van der Waals surface area contributed by atoms with Crippen LogP contribution in [0.3, 0.4) is 0 Å². The van der Waals surface area contributed by atoms with Gasteiger partial charge in [0.1, 0.15) is 5.82 Å². The molecule has 2 rings (SSSR count). The van der Waals surface area contributed by atoms with Crippen LogP contribution in [0.5, 0.6) is 0 Å². The summed E-state index contributed by atoms with van der Waals surface area (Å²) in [7, 11) is 0. The number of pyridine rings is 1. The molecule has 4 heteroatoms. The van der Waals surface area contributed by atoms with E-state index in [9.17, 15) is 5.11 Å². The number of anilines is 1. The van der Waals surface area contributed by atoms with Crippen LogP contribution in [0, 0.1) is 0 Å². The Morgan fingerprint density at radius 1 is 1.45 bits per heavy atom. The van der Waals surface area contributed by atoms with Gasteiger partial charge in [-0.2, -0.15) is 0 Å². The summed E-state index contributed by atoms with van der Waals surface area (Å²) in [5, 5.41) is 12.8. The molecule has 0 aliphatic heterocycles. The largest absolute Gasteiger partial charge is 0.395 e. The fourth-order valence-electron chi connectivity index (χ4n) is 3.09. The molecule has 20 heavy (non-hydrogen) atoms. The first kappa shape index (κ1) is 15.3. The Morgan fingerprint density at radius 3 is 2.85 bits per heavy atom. The molecule has 1 aliphatic carbocycles. The van der Waals surface area contributed by atoms with E-state index in [4.69, 9.17) is 0 Å². The predicted octanol–water partition coefficient (Wildman–Crippen LogP) is 2.49. The van der Waals surface area contributed by atoms with Crippen molar-refractivity contribution in [3.63, 3.8) is 0 Å². The van der Waals surface area contributed by atoms with E-state index in [1.807, 2.05) is 6.20 Å². The van der Waals surface area contributed by atoms with Crippen molar-refractivity contribution in [1.82, 2.24) is 10.3 Å². The van der Waals surface area contributed by atoms with Crippen LogP contribution in [0.4, 0.5) is 5.82 Å². The van der Waals surface area contributed by atoms with E-state index >= 15 is 0 Å². The summed E-state index contributed by atoms with van der Waals surface area (Å²) >= 11 is 0. The molecule has 2 N–H and O–H groups in total. The molecule has 0 bridgehead atoms. The highest BCUT2D eigenvalue weighted by molar-refractivity contribution is 5.43. The second-order valence-corrected chi connectivity index (χ2v) is 5.58. The number of hydrogen-bond acceptors (Lipinski definition) is 4. The highest BCUT2D eigenvalue weighted by Gasteiger charge is 2.23. The molecular weight excluding hydrogens is 250 g/mol. The summed E-state index contributed by atoms with van der Waals surface area (Å²) in [5.74, 6) is 1.01. The minimum Gasteiger partial charge on any atom is -0.395 e. The lowest BCUT2D eigenvalue weighted by Gasteiger charge is -2.30. The molecule has 0 saturated heterocycles. The third-order valence-corrected chi connectivity index (χ3v) is 4.18. The second kappa shape index (κ2) is 7.60. The van der Waals surface area contributed by atoms with Gasteiger partial charge >= 0.3 is 0 Å². The van der Waals surface area contributed by atoms with Gasteiger partial charge in [0.2, 0.25) is 0 Å². The Morgan fingerprint density at radius 2 is 2.20 bits per heavy atom. The quantitative estimate of drug-likeness (QED) is 0.804. The van der Waals surface area contributed by atoms with Crippen LogP contribution in [-0.2, 0) is 0 Å². The number of rotatable bonds is 7. The SMILES string of the molecule is CCNC(C)c1ccnc(N(CCO)C2CCCC2)c1. The van der Waals surface area contributed by atoms with Crippen molar-refractivity contribution in [2.75, 3.05) is 24.6 Å². The zero-order chi connectivity index (χ0) is 14.4. The maximum absolute atomic E-state index is 9.34. The van der Waals surface area contributed by atoms with E-state index in [-0.39, 0.29) is 6.61 Å². The fourth-order valence-corrected chi connectivity index (χ4v) is 3.09. The van der Waals surface area contributed by atoms with E-state index < -0.39 is 0 Å². The van der Waals surface area contributed by atoms with E-state index in [0.29, 0.717) is 18.6 Å². The van der Waals surface area contributed by atoms with Crippen molar-refractivity contribution < 1.29 is 5.11 Å². The first-order valence-electron chi connectivity index (χ1n) is 7.83. The fraction of sp³-hybridized carbons (Fsp3) is 0.688. The minimum atomic E-state index is 0.186. The molecule has 1 aromatic heterocycles. The number of hydrogen-bond donors (Lipinski definition) is 2. The maximum atomic E-state index is 9.34. The molecule has 1 heterocycles. The summed E-state index contributed by atoms with van der Waals surface area (Å²) in [5.41, 5.74) is 1.26. The van der Waals surface area contributed by atoms with E-state index in [1.165, 1.54) is 31.2 Å². The van der Waals surface area contributed by atoms with E-state index in [2.05, 4.69) is 41.2 Å².